The zero-order valence-electron chi connectivity index (χ0n) is 5.67. The van der Waals surface area contributed by atoms with Crippen LogP contribution in [-0.2, 0) is 0 Å². The Morgan fingerprint density at radius 2 is 2.40 bits per heavy atom. The third-order valence-electron chi connectivity index (χ3n) is 1.75. The first-order valence-corrected chi connectivity index (χ1v) is 3.42. The highest BCUT2D eigenvalue weighted by molar-refractivity contribution is 5.41. The number of hydrogen-bond donors (Lipinski definition) is 1. The summed E-state index contributed by atoms with van der Waals surface area (Å²) in [6.07, 6.45) is 7.99. The van der Waals surface area contributed by atoms with Crippen molar-refractivity contribution in [2.45, 2.75) is 0 Å². The minimum absolute atomic E-state index is 0.864. The Labute approximate surface area is 60.3 Å². The summed E-state index contributed by atoms with van der Waals surface area (Å²) >= 11 is 0. The number of allylic oxidation sites excluding steroid dienone is 3. The van der Waals surface area contributed by atoms with Crippen molar-refractivity contribution in [2.24, 2.45) is 0 Å². The average molecular weight is 133 g/mol. The van der Waals surface area contributed by atoms with E-state index in [1.807, 2.05) is 12.4 Å². The maximum absolute atomic E-state index is 4.15. The molecule has 1 radical (unpaired) electrons. The highest BCUT2D eigenvalue weighted by atomic mass is 14.9. The van der Waals surface area contributed by atoms with Gasteiger partial charge in [0, 0.05) is 12.7 Å². The molecule has 0 saturated heterocycles. The molecule has 2 heteroatoms. The zero-order chi connectivity index (χ0) is 6.81. The SMILES string of the molecule is C1=CC2=C(C[N]1)CNC=C2. The van der Waals surface area contributed by atoms with Gasteiger partial charge in [0.25, 0.3) is 0 Å². The van der Waals surface area contributed by atoms with Gasteiger partial charge in [0.2, 0.25) is 0 Å². The normalized spacial score (nSPS) is 21.6. The standard InChI is InChI=1S/C8H9N2/c1-3-9-5-8-6-10-4-2-7(1)8/h1-4,9H,5-6H2. The van der Waals surface area contributed by atoms with E-state index in [9.17, 15) is 0 Å². The molecular weight excluding hydrogens is 124 g/mol. The number of hydrogen-bond acceptors (Lipinski definition) is 1. The van der Waals surface area contributed by atoms with Crippen LogP contribution in [0.4, 0.5) is 0 Å². The van der Waals surface area contributed by atoms with Crippen LogP contribution in [0.3, 0.4) is 0 Å². The quantitative estimate of drug-likeness (QED) is 0.512. The summed E-state index contributed by atoms with van der Waals surface area (Å²) < 4.78 is 0. The van der Waals surface area contributed by atoms with Crippen molar-refractivity contribution >= 4 is 0 Å². The van der Waals surface area contributed by atoms with Gasteiger partial charge in [-0.15, -0.1) is 0 Å². The molecule has 10 heavy (non-hydrogen) atoms. The molecule has 0 spiro atoms. The maximum Gasteiger partial charge on any atom is 0.0625 e. The van der Waals surface area contributed by atoms with Crippen LogP contribution in [0.5, 0.6) is 0 Å². The van der Waals surface area contributed by atoms with Gasteiger partial charge >= 0.3 is 0 Å². The number of dihydropyridines is 1. The van der Waals surface area contributed by atoms with E-state index < -0.39 is 0 Å². The Balaban J connectivity index is 2.32. The van der Waals surface area contributed by atoms with Crippen molar-refractivity contribution < 1.29 is 0 Å². The fraction of sp³-hybridized carbons (Fsp3) is 0.250. The molecular formula is C8H9N2. The summed E-state index contributed by atoms with van der Waals surface area (Å²) in [7, 11) is 0. The molecule has 0 aromatic carbocycles. The van der Waals surface area contributed by atoms with Gasteiger partial charge in [-0.05, 0) is 29.5 Å². The molecule has 0 aromatic heterocycles. The summed E-state index contributed by atoms with van der Waals surface area (Å²) in [5, 5.41) is 7.30. The minimum Gasteiger partial charge on any atom is -0.387 e. The predicted molar refractivity (Wildman–Crippen MR) is 40.3 cm³/mol. The molecule has 2 nitrogen and oxygen atoms in total. The summed E-state index contributed by atoms with van der Waals surface area (Å²) in [6, 6.07) is 0. The first-order valence-electron chi connectivity index (χ1n) is 3.42. The molecule has 0 saturated carbocycles. The molecule has 2 aliphatic heterocycles. The van der Waals surface area contributed by atoms with Crippen molar-refractivity contribution in [1.29, 1.82) is 0 Å². The van der Waals surface area contributed by atoms with Crippen molar-refractivity contribution in [1.82, 2.24) is 10.6 Å². The van der Waals surface area contributed by atoms with E-state index >= 15 is 0 Å². The highest BCUT2D eigenvalue weighted by Gasteiger charge is 2.07. The van der Waals surface area contributed by atoms with Gasteiger partial charge in [-0.25, -0.2) is 0 Å². The van der Waals surface area contributed by atoms with Gasteiger partial charge < -0.3 is 5.32 Å². The first kappa shape index (κ1) is 5.59. The lowest BCUT2D eigenvalue weighted by atomic mass is 10.0. The van der Waals surface area contributed by atoms with E-state index in [4.69, 9.17) is 0 Å². The Bertz CT molecular complexity index is 201. The third-order valence-corrected chi connectivity index (χ3v) is 1.75. The molecule has 1 N–H and O–H groups in total. The van der Waals surface area contributed by atoms with Crippen LogP contribution in [0, 0.1) is 0 Å². The first-order chi connectivity index (χ1) is 4.97. The highest BCUT2D eigenvalue weighted by Crippen LogP contribution is 2.13. The molecule has 0 fully saturated rings. The largest absolute Gasteiger partial charge is 0.387 e. The molecule has 0 aliphatic carbocycles. The lowest BCUT2D eigenvalue weighted by Crippen LogP contribution is -2.22. The predicted octanol–water partition coefficient (Wildman–Crippen LogP) is 0.532. The van der Waals surface area contributed by atoms with Crippen LogP contribution in [0.2, 0.25) is 0 Å². The second-order valence-electron chi connectivity index (χ2n) is 2.43. The Morgan fingerprint density at radius 3 is 3.30 bits per heavy atom. The molecule has 2 aliphatic rings. The minimum atomic E-state index is 0.864. The monoisotopic (exact) mass is 133 g/mol. The van der Waals surface area contributed by atoms with Crippen LogP contribution in [0.1, 0.15) is 0 Å². The summed E-state index contributed by atoms with van der Waals surface area (Å²) in [5.74, 6) is 0. The average Bonchev–Trinajstić information content (AvgIpc) is 2.05. The van der Waals surface area contributed by atoms with Crippen LogP contribution in [-0.4, -0.2) is 13.1 Å². The summed E-state index contributed by atoms with van der Waals surface area (Å²) in [5.41, 5.74) is 2.72. The molecule has 0 bridgehead atoms. The van der Waals surface area contributed by atoms with E-state index in [-0.39, 0.29) is 0 Å². The van der Waals surface area contributed by atoms with Crippen LogP contribution in [0.25, 0.3) is 0 Å². The maximum atomic E-state index is 4.15. The topological polar surface area (TPSA) is 26.1 Å². The smallest absolute Gasteiger partial charge is 0.0625 e. The van der Waals surface area contributed by atoms with E-state index in [1.165, 1.54) is 11.1 Å². The molecule has 2 heterocycles. The second-order valence-corrected chi connectivity index (χ2v) is 2.43. The Morgan fingerprint density at radius 1 is 1.40 bits per heavy atom. The van der Waals surface area contributed by atoms with Crippen LogP contribution >= 0.6 is 0 Å². The third kappa shape index (κ3) is 0.817. The Kier molecular flexibility index (Phi) is 1.24. The van der Waals surface area contributed by atoms with Gasteiger partial charge in [0.1, 0.15) is 0 Å². The van der Waals surface area contributed by atoms with Gasteiger partial charge in [-0.3, -0.25) is 5.32 Å². The second kappa shape index (κ2) is 2.21. The van der Waals surface area contributed by atoms with Gasteiger partial charge in [-0.2, -0.15) is 0 Å². The molecule has 0 unspecified atom stereocenters. The van der Waals surface area contributed by atoms with Crippen molar-refractivity contribution in [3.05, 3.63) is 35.7 Å². The van der Waals surface area contributed by atoms with Crippen molar-refractivity contribution in [3.63, 3.8) is 0 Å². The van der Waals surface area contributed by atoms with Gasteiger partial charge in [0.15, 0.2) is 0 Å². The molecule has 0 atom stereocenters. The molecule has 0 amide bonds. The van der Waals surface area contributed by atoms with E-state index in [0.29, 0.717) is 0 Å². The molecule has 2 rings (SSSR count). The number of rotatable bonds is 0. The molecule has 51 valence electrons. The van der Waals surface area contributed by atoms with Crippen LogP contribution < -0.4 is 10.6 Å². The lowest BCUT2D eigenvalue weighted by Gasteiger charge is -2.17. The van der Waals surface area contributed by atoms with E-state index in [1.54, 1.807) is 0 Å². The fourth-order valence-corrected chi connectivity index (χ4v) is 1.17. The van der Waals surface area contributed by atoms with E-state index in [0.717, 1.165) is 13.1 Å². The zero-order valence-corrected chi connectivity index (χ0v) is 5.67. The number of nitrogens with one attached hydrogen (secondary N) is 1. The van der Waals surface area contributed by atoms with Gasteiger partial charge in [-0.1, -0.05) is 0 Å². The van der Waals surface area contributed by atoms with Crippen molar-refractivity contribution in [3.8, 4) is 0 Å². The summed E-state index contributed by atoms with van der Waals surface area (Å²) in [6.45, 7) is 1.82. The van der Waals surface area contributed by atoms with E-state index in [2.05, 4.69) is 22.8 Å². The van der Waals surface area contributed by atoms with Gasteiger partial charge in [0.05, 0.1) is 6.54 Å². The Hall–Kier alpha value is -1.18. The van der Waals surface area contributed by atoms with Crippen molar-refractivity contribution in [2.75, 3.05) is 13.1 Å². The summed E-state index contributed by atoms with van der Waals surface area (Å²) in [4.78, 5) is 0. The van der Waals surface area contributed by atoms with Crippen LogP contribution in [0.15, 0.2) is 35.7 Å². The fourth-order valence-electron chi connectivity index (χ4n) is 1.17. The lowest BCUT2D eigenvalue weighted by molar-refractivity contribution is 0.805. The molecule has 0 aromatic rings. The number of nitrogens with zero attached hydrogens (tertiary/aromatic N) is 1.